The van der Waals surface area contributed by atoms with Crippen molar-refractivity contribution in [2.24, 2.45) is 11.3 Å². The van der Waals surface area contributed by atoms with Crippen molar-refractivity contribution in [2.45, 2.75) is 63.9 Å². The van der Waals surface area contributed by atoms with Gasteiger partial charge in [-0.05, 0) is 62.0 Å². The first kappa shape index (κ1) is 14.6. The summed E-state index contributed by atoms with van der Waals surface area (Å²) in [6.45, 7) is 2.23. The topological polar surface area (TPSA) is 44.0 Å². The van der Waals surface area contributed by atoms with Crippen molar-refractivity contribution in [3.63, 3.8) is 0 Å². The van der Waals surface area contributed by atoms with Crippen LogP contribution < -0.4 is 0 Å². The Bertz CT molecular complexity index is 551. The Morgan fingerprint density at radius 1 is 1.19 bits per heavy atom. The molecule has 1 aromatic carbocycles. The largest absolute Gasteiger partial charge is 0.388 e. The Morgan fingerprint density at radius 3 is 2.48 bits per heavy atom. The molecule has 1 N–H and O–H groups in total. The van der Waals surface area contributed by atoms with Crippen LogP contribution in [0.1, 0.15) is 56.6 Å². The van der Waals surface area contributed by atoms with Crippen LogP contribution in [0.15, 0.2) is 24.3 Å². The smallest absolute Gasteiger partial charge is 0.0903 e. The minimum absolute atomic E-state index is 0.583. The quantitative estimate of drug-likeness (QED) is 0.891. The van der Waals surface area contributed by atoms with E-state index in [0.29, 0.717) is 6.42 Å². The molecule has 0 bridgehead atoms. The van der Waals surface area contributed by atoms with Gasteiger partial charge in [0.1, 0.15) is 0 Å². The molecule has 0 heterocycles. The second-order valence-corrected chi connectivity index (χ2v) is 7.02. The zero-order valence-corrected chi connectivity index (χ0v) is 12.9. The minimum atomic E-state index is -0.791. The summed E-state index contributed by atoms with van der Waals surface area (Å²) in [6.07, 6.45) is 7.35. The molecular formula is C19H25NO. The van der Waals surface area contributed by atoms with Crippen LogP contribution in [-0.4, -0.2) is 10.7 Å². The highest BCUT2D eigenvalue weighted by molar-refractivity contribution is 5.34. The third kappa shape index (κ3) is 2.38. The number of fused-ring (bicyclic) bond motifs is 1. The Morgan fingerprint density at radius 2 is 1.86 bits per heavy atom. The summed E-state index contributed by atoms with van der Waals surface area (Å²) in [5, 5.41) is 21.2. The van der Waals surface area contributed by atoms with E-state index in [1.807, 2.05) is 6.07 Å². The van der Waals surface area contributed by atoms with E-state index in [2.05, 4.69) is 31.2 Å². The molecule has 0 saturated heterocycles. The third-order valence-corrected chi connectivity index (χ3v) is 6.05. The van der Waals surface area contributed by atoms with Crippen molar-refractivity contribution in [2.75, 3.05) is 0 Å². The molecule has 0 radical (unpaired) electrons. The number of aryl methyl sites for hydroxylation is 1. The molecule has 2 aliphatic carbocycles. The van der Waals surface area contributed by atoms with E-state index in [9.17, 15) is 10.4 Å². The fraction of sp³-hybridized carbons (Fsp3) is 0.632. The van der Waals surface area contributed by atoms with Gasteiger partial charge in [-0.2, -0.15) is 5.26 Å². The van der Waals surface area contributed by atoms with Gasteiger partial charge in [0.2, 0.25) is 0 Å². The van der Waals surface area contributed by atoms with Crippen LogP contribution in [0.4, 0.5) is 0 Å². The van der Waals surface area contributed by atoms with Crippen LogP contribution in [0.5, 0.6) is 0 Å². The lowest BCUT2D eigenvalue weighted by molar-refractivity contribution is -0.0968. The van der Waals surface area contributed by atoms with E-state index in [0.717, 1.165) is 44.4 Å². The summed E-state index contributed by atoms with van der Waals surface area (Å²) in [7, 11) is 0. The maximum Gasteiger partial charge on any atom is 0.0903 e. The average molecular weight is 283 g/mol. The summed E-state index contributed by atoms with van der Waals surface area (Å²) in [5.41, 5.74) is 1.24. The van der Waals surface area contributed by atoms with Crippen LogP contribution in [0, 0.1) is 22.7 Å². The van der Waals surface area contributed by atoms with Gasteiger partial charge in [0, 0.05) is 0 Å². The molecular weight excluding hydrogens is 258 g/mol. The van der Waals surface area contributed by atoms with E-state index in [1.165, 1.54) is 17.5 Å². The summed E-state index contributed by atoms with van der Waals surface area (Å²) >= 11 is 0. The summed E-state index contributed by atoms with van der Waals surface area (Å²) in [5.74, 6) is 0.733. The number of benzene rings is 1. The lowest BCUT2D eigenvalue weighted by atomic mass is 9.57. The molecule has 2 nitrogen and oxygen atoms in total. The van der Waals surface area contributed by atoms with E-state index < -0.39 is 11.0 Å². The van der Waals surface area contributed by atoms with Crippen LogP contribution >= 0.6 is 0 Å². The van der Waals surface area contributed by atoms with E-state index in [-0.39, 0.29) is 0 Å². The number of aliphatic hydroxyl groups is 1. The number of rotatable bonds is 2. The Balaban J connectivity index is 1.87. The molecule has 2 heteroatoms. The average Bonchev–Trinajstić information content (AvgIpc) is 2.55. The predicted octanol–water partition coefficient (Wildman–Crippen LogP) is 4.02. The highest BCUT2D eigenvalue weighted by atomic mass is 16.3. The molecule has 0 amide bonds. The second-order valence-electron chi connectivity index (χ2n) is 7.02. The number of hydrogen-bond acceptors (Lipinski definition) is 2. The monoisotopic (exact) mass is 283 g/mol. The van der Waals surface area contributed by atoms with Gasteiger partial charge in [-0.3, -0.25) is 0 Å². The fourth-order valence-electron chi connectivity index (χ4n) is 4.37. The van der Waals surface area contributed by atoms with Crippen LogP contribution in [0.3, 0.4) is 0 Å². The molecule has 1 saturated carbocycles. The van der Waals surface area contributed by atoms with Crippen LogP contribution in [0.2, 0.25) is 0 Å². The van der Waals surface area contributed by atoms with Gasteiger partial charge in [-0.1, -0.05) is 37.6 Å². The minimum Gasteiger partial charge on any atom is -0.388 e. The molecule has 2 aliphatic rings. The normalized spacial score (nSPS) is 35.8. The lowest BCUT2D eigenvalue weighted by Gasteiger charge is -2.48. The van der Waals surface area contributed by atoms with Gasteiger partial charge in [0.05, 0.1) is 17.1 Å². The first-order valence-electron chi connectivity index (χ1n) is 8.33. The summed E-state index contributed by atoms with van der Waals surface area (Å²) in [6, 6.07) is 11.0. The Hall–Kier alpha value is -1.33. The molecule has 0 aliphatic heterocycles. The van der Waals surface area contributed by atoms with Crippen molar-refractivity contribution < 1.29 is 5.11 Å². The highest BCUT2D eigenvalue weighted by Gasteiger charge is 2.53. The van der Waals surface area contributed by atoms with E-state index in [1.54, 1.807) is 0 Å². The first-order chi connectivity index (χ1) is 10.1. The summed E-state index contributed by atoms with van der Waals surface area (Å²) in [4.78, 5) is 0. The van der Waals surface area contributed by atoms with Gasteiger partial charge in [-0.15, -0.1) is 0 Å². The first-order valence-corrected chi connectivity index (χ1v) is 8.33. The molecule has 1 fully saturated rings. The predicted molar refractivity (Wildman–Crippen MR) is 83.7 cm³/mol. The highest BCUT2D eigenvalue weighted by Crippen LogP contribution is 2.50. The molecule has 112 valence electrons. The van der Waals surface area contributed by atoms with Crippen molar-refractivity contribution in [1.29, 1.82) is 5.26 Å². The van der Waals surface area contributed by atoms with Gasteiger partial charge in [-0.25, -0.2) is 0 Å². The zero-order chi connectivity index (χ0) is 14.9. The lowest BCUT2D eigenvalue weighted by Crippen LogP contribution is -2.52. The van der Waals surface area contributed by atoms with Crippen LogP contribution in [0.25, 0.3) is 0 Å². The third-order valence-electron chi connectivity index (χ3n) is 6.05. The van der Waals surface area contributed by atoms with Gasteiger partial charge < -0.3 is 5.11 Å². The maximum atomic E-state index is 11.3. The van der Waals surface area contributed by atoms with Crippen molar-refractivity contribution >= 4 is 0 Å². The maximum absolute atomic E-state index is 11.3. The van der Waals surface area contributed by atoms with Crippen molar-refractivity contribution in [1.82, 2.24) is 0 Å². The Labute approximate surface area is 127 Å². The molecule has 1 unspecified atom stereocenters. The standard InChI is InChI=1S/C19H25NO/c1-2-15-7-11-19(21,12-8-15)18(14-20)10-9-16-5-3-4-6-17(16)13-18/h3-6,15,21H,2,7-13H2,1H3. The van der Waals surface area contributed by atoms with Crippen molar-refractivity contribution in [3.05, 3.63) is 35.4 Å². The van der Waals surface area contributed by atoms with Crippen LogP contribution in [-0.2, 0) is 12.8 Å². The molecule has 1 atom stereocenters. The van der Waals surface area contributed by atoms with Gasteiger partial charge in [0.25, 0.3) is 0 Å². The molecule has 21 heavy (non-hydrogen) atoms. The van der Waals surface area contributed by atoms with Crippen molar-refractivity contribution in [3.8, 4) is 6.07 Å². The summed E-state index contributed by atoms with van der Waals surface area (Å²) < 4.78 is 0. The molecule has 1 aromatic rings. The SMILES string of the molecule is CCC1CCC(O)(C2(C#N)CCc3ccccc3C2)CC1. The van der Waals surface area contributed by atoms with Gasteiger partial charge in [0.15, 0.2) is 0 Å². The Kier molecular flexibility index (Phi) is 3.80. The second kappa shape index (κ2) is 5.46. The van der Waals surface area contributed by atoms with E-state index >= 15 is 0 Å². The van der Waals surface area contributed by atoms with Gasteiger partial charge >= 0.3 is 0 Å². The zero-order valence-electron chi connectivity index (χ0n) is 12.9. The molecule has 0 spiro atoms. The number of hydrogen-bond donors (Lipinski definition) is 1. The van der Waals surface area contributed by atoms with E-state index in [4.69, 9.17) is 0 Å². The molecule has 0 aromatic heterocycles. The molecule has 3 rings (SSSR count). The number of nitriles is 1. The number of nitrogens with zero attached hydrogens (tertiary/aromatic N) is 1. The fourth-order valence-corrected chi connectivity index (χ4v) is 4.37.